The fourth-order valence-electron chi connectivity index (χ4n) is 2.17. The largest absolute Gasteiger partial charge is 0.480 e. The minimum absolute atomic E-state index is 0.307. The Morgan fingerprint density at radius 2 is 2.21 bits per heavy atom. The van der Waals surface area contributed by atoms with E-state index in [1.54, 1.807) is 0 Å². The lowest BCUT2D eigenvalue weighted by Crippen LogP contribution is -2.56. The van der Waals surface area contributed by atoms with E-state index in [-0.39, 0.29) is 6.04 Å². The average Bonchev–Trinajstić information content (AvgIpc) is 2.09. The number of hydrogen-bond donors (Lipinski definition) is 1. The van der Waals surface area contributed by atoms with Crippen molar-refractivity contribution in [1.82, 2.24) is 9.80 Å². The van der Waals surface area contributed by atoms with Crippen LogP contribution in [0.1, 0.15) is 20.3 Å². The molecule has 0 aromatic carbocycles. The van der Waals surface area contributed by atoms with E-state index < -0.39 is 5.97 Å². The second-order valence-corrected chi connectivity index (χ2v) is 4.11. The molecule has 4 nitrogen and oxygen atoms in total. The molecule has 0 aromatic rings. The van der Waals surface area contributed by atoms with Crippen molar-refractivity contribution in [2.45, 2.75) is 32.4 Å². The Balaban J connectivity index is 2.62. The smallest absolute Gasteiger partial charge is 0.320 e. The molecule has 0 spiro atoms. The van der Waals surface area contributed by atoms with Gasteiger partial charge < -0.3 is 10.0 Å². The fourth-order valence-corrected chi connectivity index (χ4v) is 2.17. The number of rotatable bonds is 3. The Morgan fingerprint density at radius 3 is 2.64 bits per heavy atom. The summed E-state index contributed by atoms with van der Waals surface area (Å²) in [6.45, 7) is 6.82. The highest BCUT2D eigenvalue weighted by molar-refractivity contribution is 5.73. The number of nitrogens with zero attached hydrogens (tertiary/aromatic N) is 2. The molecule has 0 saturated carbocycles. The van der Waals surface area contributed by atoms with Crippen molar-refractivity contribution in [1.29, 1.82) is 0 Å². The van der Waals surface area contributed by atoms with Crippen molar-refractivity contribution in [3.63, 3.8) is 0 Å². The maximum atomic E-state index is 11.0. The molecule has 14 heavy (non-hydrogen) atoms. The number of carboxylic acid groups (broad SMARTS) is 1. The summed E-state index contributed by atoms with van der Waals surface area (Å²) in [7, 11) is 2.08. The molecular weight excluding hydrogens is 180 g/mol. The maximum Gasteiger partial charge on any atom is 0.320 e. The molecule has 0 radical (unpaired) electrons. The van der Waals surface area contributed by atoms with Crippen LogP contribution < -0.4 is 0 Å². The van der Waals surface area contributed by atoms with Crippen LogP contribution in [0.2, 0.25) is 0 Å². The molecule has 4 heteroatoms. The van der Waals surface area contributed by atoms with Crippen molar-refractivity contribution in [3.8, 4) is 0 Å². The topological polar surface area (TPSA) is 43.8 Å². The van der Waals surface area contributed by atoms with Crippen LogP contribution in [0.3, 0.4) is 0 Å². The van der Waals surface area contributed by atoms with Gasteiger partial charge in [0, 0.05) is 25.7 Å². The van der Waals surface area contributed by atoms with Gasteiger partial charge in [0.25, 0.3) is 0 Å². The predicted molar refractivity (Wildman–Crippen MR) is 55.4 cm³/mol. The molecule has 1 unspecified atom stereocenters. The molecule has 1 rings (SSSR count). The summed E-state index contributed by atoms with van der Waals surface area (Å²) in [6.07, 6.45) is 0.684. The zero-order valence-electron chi connectivity index (χ0n) is 9.23. The van der Waals surface area contributed by atoms with E-state index in [0.29, 0.717) is 12.5 Å². The van der Waals surface area contributed by atoms with Gasteiger partial charge in [-0.2, -0.15) is 0 Å². The van der Waals surface area contributed by atoms with E-state index in [0.717, 1.165) is 19.6 Å². The molecule has 1 fully saturated rings. The lowest BCUT2D eigenvalue weighted by molar-refractivity contribution is -0.145. The van der Waals surface area contributed by atoms with E-state index in [1.165, 1.54) is 0 Å². The van der Waals surface area contributed by atoms with Crippen LogP contribution in [0.15, 0.2) is 0 Å². The van der Waals surface area contributed by atoms with Crippen LogP contribution in [0, 0.1) is 0 Å². The zero-order valence-corrected chi connectivity index (χ0v) is 9.23. The second kappa shape index (κ2) is 4.75. The molecule has 2 atom stereocenters. The van der Waals surface area contributed by atoms with E-state index in [1.807, 2.05) is 6.92 Å². The Hall–Kier alpha value is -0.610. The Bertz CT molecular complexity index is 208. The first-order valence-electron chi connectivity index (χ1n) is 5.23. The van der Waals surface area contributed by atoms with Gasteiger partial charge in [0.2, 0.25) is 0 Å². The van der Waals surface area contributed by atoms with Crippen LogP contribution in [0.4, 0.5) is 0 Å². The summed E-state index contributed by atoms with van der Waals surface area (Å²) in [6, 6.07) is 0.0356. The molecule has 1 saturated heterocycles. The fraction of sp³-hybridized carbons (Fsp3) is 0.900. The van der Waals surface area contributed by atoms with Crippen molar-refractivity contribution < 1.29 is 9.90 Å². The van der Waals surface area contributed by atoms with Crippen molar-refractivity contribution in [3.05, 3.63) is 0 Å². The highest BCUT2D eigenvalue weighted by Crippen LogP contribution is 2.14. The molecule has 0 amide bonds. The van der Waals surface area contributed by atoms with Crippen LogP contribution in [-0.2, 0) is 4.79 Å². The zero-order chi connectivity index (χ0) is 10.7. The van der Waals surface area contributed by atoms with Crippen molar-refractivity contribution >= 4 is 5.97 Å². The molecule has 1 heterocycles. The first-order valence-corrected chi connectivity index (χ1v) is 5.23. The summed E-state index contributed by atoms with van der Waals surface area (Å²) in [5.74, 6) is -0.691. The lowest BCUT2D eigenvalue weighted by Gasteiger charge is -2.41. The molecule has 1 aliphatic heterocycles. The summed E-state index contributed by atoms with van der Waals surface area (Å²) >= 11 is 0. The Morgan fingerprint density at radius 1 is 1.57 bits per heavy atom. The first kappa shape index (κ1) is 11.5. The molecular formula is C10H20N2O2. The van der Waals surface area contributed by atoms with E-state index >= 15 is 0 Å². The number of likely N-dealkylation sites (N-methyl/N-ethyl adjacent to an activating group) is 1. The van der Waals surface area contributed by atoms with Crippen LogP contribution in [-0.4, -0.2) is 59.6 Å². The molecule has 82 valence electrons. The van der Waals surface area contributed by atoms with Crippen molar-refractivity contribution in [2.75, 3.05) is 26.7 Å². The molecule has 1 N–H and O–H groups in total. The van der Waals surface area contributed by atoms with Gasteiger partial charge in [-0.1, -0.05) is 6.92 Å². The standard InChI is InChI=1S/C10H20N2O2/c1-4-9(10(13)14)12-6-5-11(3)7-8(12)2/h8-9H,4-7H2,1-3H3,(H,13,14)/t8-,9?/m0/s1. The minimum Gasteiger partial charge on any atom is -0.480 e. The molecule has 1 aliphatic rings. The highest BCUT2D eigenvalue weighted by Gasteiger charge is 2.30. The highest BCUT2D eigenvalue weighted by atomic mass is 16.4. The maximum absolute atomic E-state index is 11.0. The number of piperazine rings is 1. The van der Waals surface area contributed by atoms with Gasteiger partial charge in [0.1, 0.15) is 6.04 Å². The molecule has 0 aliphatic carbocycles. The van der Waals surface area contributed by atoms with Gasteiger partial charge >= 0.3 is 5.97 Å². The normalized spacial score (nSPS) is 27.5. The summed E-state index contributed by atoms with van der Waals surface area (Å²) in [4.78, 5) is 15.3. The monoisotopic (exact) mass is 200 g/mol. The number of aliphatic carboxylic acids is 1. The van der Waals surface area contributed by atoms with Gasteiger partial charge in [-0.25, -0.2) is 0 Å². The third-order valence-electron chi connectivity index (χ3n) is 2.95. The number of carbonyl (C=O) groups is 1. The van der Waals surface area contributed by atoms with Gasteiger partial charge in [-0.3, -0.25) is 9.69 Å². The van der Waals surface area contributed by atoms with Gasteiger partial charge in [0.15, 0.2) is 0 Å². The first-order chi connectivity index (χ1) is 6.56. The lowest BCUT2D eigenvalue weighted by atomic mass is 10.1. The van der Waals surface area contributed by atoms with Gasteiger partial charge in [-0.05, 0) is 20.4 Å². The predicted octanol–water partition coefficient (Wildman–Crippen LogP) is 0.486. The summed E-state index contributed by atoms with van der Waals surface area (Å²) < 4.78 is 0. The van der Waals surface area contributed by atoms with Gasteiger partial charge in [-0.15, -0.1) is 0 Å². The Labute approximate surface area is 85.5 Å². The SMILES string of the molecule is CCC(C(=O)O)N1CCN(C)C[C@@H]1C. The van der Waals surface area contributed by atoms with Crippen LogP contribution in [0.5, 0.6) is 0 Å². The number of hydrogen-bond acceptors (Lipinski definition) is 3. The molecule has 0 bridgehead atoms. The Kier molecular flexibility index (Phi) is 3.89. The quantitative estimate of drug-likeness (QED) is 0.720. The minimum atomic E-state index is -0.691. The van der Waals surface area contributed by atoms with Crippen molar-refractivity contribution in [2.24, 2.45) is 0 Å². The van der Waals surface area contributed by atoms with E-state index in [9.17, 15) is 4.79 Å². The van der Waals surface area contributed by atoms with Crippen LogP contribution >= 0.6 is 0 Å². The average molecular weight is 200 g/mol. The van der Waals surface area contributed by atoms with E-state index in [2.05, 4.69) is 23.8 Å². The molecule has 0 aromatic heterocycles. The second-order valence-electron chi connectivity index (χ2n) is 4.11. The number of carboxylic acids is 1. The third kappa shape index (κ3) is 2.45. The van der Waals surface area contributed by atoms with Crippen LogP contribution in [0.25, 0.3) is 0 Å². The summed E-state index contributed by atoms with van der Waals surface area (Å²) in [5, 5.41) is 9.05. The van der Waals surface area contributed by atoms with E-state index in [4.69, 9.17) is 5.11 Å². The van der Waals surface area contributed by atoms with Gasteiger partial charge in [0.05, 0.1) is 0 Å². The third-order valence-corrected chi connectivity index (χ3v) is 2.95. The summed E-state index contributed by atoms with van der Waals surface area (Å²) in [5.41, 5.74) is 0.